The smallest absolute Gasteiger partial charge is 0.308 e. The van der Waals surface area contributed by atoms with Gasteiger partial charge in [-0.2, -0.15) is 0 Å². The normalized spacial score (nSPS) is 12.2. The molecule has 0 aromatic heterocycles. The van der Waals surface area contributed by atoms with Crippen molar-refractivity contribution in [3.05, 3.63) is 0 Å². The lowest BCUT2D eigenvalue weighted by Crippen LogP contribution is -2.18. The number of rotatable bonds is 37. The van der Waals surface area contributed by atoms with Gasteiger partial charge in [-0.3, -0.25) is 4.79 Å². The molecular weight excluding hydrogens is 524 g/mol. The van der Waals surface area contributed by atoms with E-state index < -0.39 is 0 Å². The number of esters is 1. The molecule has 43 heavy (non-hydrogen) atoms. The Morgan fingerprint density at radius 3 is 0.907 bits per heavy atom. The van der Waals surface area contributed by atoms with E-state index >= 15 is 0 Å². The third-order valence-electron chi connectivity index (χ3n) is 9.64. The number of unbranched alkanes of at least 4 members (excludes halogenated alkanes) is 30. The number of carbonyl (C=O) groups is 1. The van der Waals surface area contributed by atoms with Gasteiger partial charge in [-0.15, -0.1) is 0 Å². The fourth-order valence-electron chi connectivity index (χ4n) is 6.55. The minimum Gasteiger partial charge on any atom is -0.465 e. The molecule has 0 rings (SSSR count). The first kappa shape index (κ1) is 42.5. The van der Waals surface area contributed by atoms with E-state index in [0.29, 0.717) is 6.61 Å². The molecule has 2 nitrogen and oxygen atoms in total. The third-order valence-corrected chi connectivity index (χ3v) is 9.64. The Bertz CT molecular complexity index is 516. The van der Waals surface area contributed by atoms with E-state index in [1.807, 2.05) is 0 Å². The van der Waals surface area contributed by atoms with E-state index in [4.69, 9.17) is 4.74 Å². The molecule has 1 atom stereocenters. The summed E-state index contributed by atoms with van der Waals surface area (Å²) in [4.78, 5) is 12.8. The van der Waals surface area contributed by atoms with Gasteiger partial charge in [-0.05, 0) is 19.3 Å². The van der Waals surface area contributed by atoms with Crippen LogP contribution in [0.15, 0.2) is 0 Å². The summed E-state index contributed by atoms with van der Waals surface area (Å²) < 4.78 is 5.78. The Morgan fingerprint density at radius 2 is 0.581 bits per heavy atom. The predicted molar refractivity (Wildman–Crippen MR) is 193 cm³/mol. The largest absolute Gasteiger partial charge is 0.465 e. The predicted octanol–water partition coefficient (Wildman–Crippen LogP) is 14.9. The van der Waals surface area contributed by atoms with Crippen molar-refractivity contribution in [1.82, 2.24) is 0 Å². The molecule has 0 fully saturated rings. The monoisotopic (exact) mass is 607 g/mol. The fourth-order valence-corrected chi connectivity index (χ4v) is 6.55. The lowest BCUT2D eigenvalue weighted by atomic mass is 9.94. The molecule has 0 amide bonds. The lowest BCUT2D eigenvalue weighted by molar-refractivity contribution is -0.149. The zero-order valence-electron chi connectivity index (χ0n) is 30.3. The summed E-state index contributed by atoms with van der Waals surface area (Å²) in [5.74, 6) is 0.247. The van der Waals surface area contributed by atoms with E-state index in [0.717, 1.165) is 19.3 Å². The summed E-state index contributed by atoms with van der Waals surface area (Å²) in [5.41, 5.74) is 0. The first-order chi connectivity index (χ1) is 21.3. The van der Waals surface area contributed by atoms with Crippen LogP contribution < -0.4 is 0 Å². The van der Waals surface area contributed by atoms with Crippen LogP contribution in [0.5, 0.6) is 0 Å². The lowest BCUT2D eigenvalue weighted by Gasteiger charge is -2.16. The van der Waals surface area contributed by atoms with Crippen LogP contribution in [0.2, 0.25) is 0 Å². The van der Waals surface area contributed by atoms with E-state index in [-0.39, 0.29) is 11.9 Å². The van der Waals surface area contributed by atoms with Gasteiger partial charge >= 0.3 is 5.97 Å². The van der Waals surface area contributed by atoms with Crippen LogP contribution in [0.1, 0.15) is 245 Å². The number of carbonyl (C=O) groups excluding carboxylic acids is 1. The van der Waals surface area contributed by atoms with E-state index in [2.05, 4.69) is 20.8 Å². The summed E-state index contributed by atoms with van der Waals surface area (Å²) in [5, 5.41) is 0. The van der Waals surface area contributed by atoms with Gasteiger partial charge in [0.15, 0.2) is 0 Å². The number of hydrogen-bond acceptors (Lipinski definition) is 2. The van der Waals surface area contributed by atoms with Crippen molar-refractivity contribution >= 4 is 5.97 Å². The maximum absolute atomic E-state index is 12.8. The quantitative estimate of drug-likeness (QED) is 0.0519. The summed E-state index contributed by atoms with van der Waals surface area (Å²) in [6, 6.07) is 0. The van der Waals surface area contributed by atoms with Gasteiger partial charge < -0.3 is 4.74 Å². The molecule has 0 aliphatic heterocycles. The van der Waals surface area contributed by atoms with Crippen LogP contribution in [0.4, 0.5) is 0 Å². The van der Waals surface area contributed by atoms with E-state index in [1.54, 1.807) is 0 Å². The second-order valence-electron chi connectivity index (χ2n) is 14.0. The molecule has 0 radical (unpaired) electrons. The molecule has 0 aliphatic rings. The molecule has 0 N–H and O–H groups in total. The highest BCUT2D eigenvalue weighted by Crippen LogP contribution is 2.21. The minimum absolute atomic E-state index is 0.103. The van der Waals surface area contributed by atoms with E-state index in [9.17, 15) is 4.79 Å². The Morgan fingerprint density at radius 1 is 0.349 bits per heavy atom. The van der Waals surface area contributed by atoms with Gasteiger partial charge in [0.25, 0.3) is 0 Å². The van der Waals surface area contributed by atoms with Crippen molar-refractivity contribution in [2.45, 2.75) is 245 Å². The maximum Gasteiger partial charge on any atom is 0.308 e. The fraction of sp³-hybridized carbons (Fsp3) is 0.976. The molecule has 0 spiro atoms. The summed E-state index contributed by atoms with van der Waals surface area (Å²) in [6.07, 6.45) is 47.2. The maximum atomic E-state index is 12.8. The first-order valence-electron chi connectivity index (χ1n) is 20.4. The molecule has 1 unspecified atom stereocenters. The topological polar surface area (TPSA) is 26.3 Å². The van der Waals surface area contributed by atoms with Crippen molar-refractivity contribution in [3.8, 4) is 0 Å². The number of ether oxygens (including phenoxy) is 1. The minimum atomic E-state index is 0.103. The van der Waals surface area contributed by atoms with Crippen LogP contribution in [0, 0.1) is 5.92 Å². The first-order valence-corrected chi connectivity index (χ1v) is 20.4. The average molecular weight is 607 g/mol. The highest BCUT2D eigenvalue weighted by Gasteiger charge is 2.19. The van der Waals surface area contributed by atoms with Gasteiger partial charge in [0, 0.05) is 0 Å². The third kappa shape index (κ3) is 34.2. The van der Waals surface area contributed by atoms with Gasteiger partial charge in [-0.1, -0.05) is 226 Å². The van der Waals surface area contributed by atoms with E-state index in [1.165, 1.54) is 205 Å². The molecule has 258 valence electrons. The summed E-state index contributed by atoms with van der Waals surface area (Å²) in [6.45, 7) is 7.48. The molecular formula is C41H82O2. The Balaban J connectivity index is 3.66. The van der Waals surface area contributed by atoms with Crippen molar-refractivity contribution < 1.29 is 9.53 Å². The second kappa shape index (κ2) is 37.7. The SMILES string of the molecule is CCCCCCCCCCCCCCCCCCOC(=O)C(CCCCC)CCCCCCCCCCCCCCCC. The highest BCUT2D eigenvalue weighted by molar-refractivity contribution is 5.72. The molecule has 0 aromatic carbocycles. The molecule has 2 heteroatoms. The molecule has 0 aromatic rings. The molecule has 0 aliphatic carbocycles. The summed E-state index contributed by atoms with van der Waals surface area (Å²) in [7, 11) is 0. The zero-order chi connectivity index (χ0) is 31.3. The Kier molecular flexibility index (Phi) is 37.2. The van der Waals surface area contributed by atoms with Crippen LogP contribution in [-0.4, -0.2) is 12.6 Å². The van der Waals surface area contributed by atoms with Crippen LogP contribution in [0.3, 0.4) is 0 Å². The van der Waals surface area contributed by atoms with Gasteiger partial charge in [0.05, 0.1) is 12.5 Å². The van der Waals surface area contributed by atoms with Crippen LogP contribution in [-0.2, 0) is 9.53 Å². The van der Waals surface area contributed by atoms with Crippen LogP contribution >= 0.6 is 0 Å². The standard InChI is InChI=1S/C41H82O2/c1-4-7-10-12-14-16-18-20-22-23-25-27-29-31-33-36-39-43-41(42)40(37-34-9-6-3)38-35-32-30-28-26-24-21-19-17-15-13-11-8-5-2/h40H,4-39H2,1-3H3. The highest BCUT2D eigenvalue weighted by atomic mass is 16.5. The zero-order valence-corrected chi connectivity index (χ0v) is 30.3. The molecule has 0 bridgehead atoms. The van der Waals surface area contributed by atoms with Crippen molar-refractivity contribution in [3.63, 3.8) is 0 Å². The Labute approximate surface area is 273 Å². The van der Waals surface area contributed by atoms with Crippen molar-refractivity contribution in [1.29, 1.82) is 0 Å². The second-order valence-corrected chi connectivity index (χ2v) is 14.0. The summed E-state index contributed by atoms with van der Waals surface area (Å²) >= 11 is 0. The average Bonchev–Trinajstić information content (AvgIpc) is 3.01. The van der Waals surface area contributed by atoms with Crippen LogP contribution in [0.25, 0.3) is 0 Å². The molecule has 0 saturated carbocycles. The van der Waals surface area contributed by atoms with Gasteiger partial charge in [0.2, 0.25) is 0 Å². The Hall–Kier alpha value is -0.530. The van der Waals surface area contributed by atoms with Crippen molar-refractivity contribution in [2.75, 3.05) is 6.61 Å². The van der Waals surface area contributed by atoms with Gasteiger partial charge in [0.1, 0.15) is 0 Å². The van der Waals surface area contributed by atoms with Gasteiger partial charge in [-0.25, -0.2) is 0 Å². The molecule has 0 saturated heterocycles. The van der Waals surface area contributed by atoms with Crippen molar-refractivity contribution in [2.24, 2.45) is 5.92 Å². The number of hydrogen-bond donors (Lipinski definition) is 0. The molecule has 0 heterocycles.